The zero-order chi connectivity index (χ0) is 22.9. The van der Waals surface area contributed by atoms with Crippen LogP contribution in [0.25, 0.3) is 0 Å². The summed E-state index contributed by atoms with van der Waals surface area (Å²) in [5, 5.41) is 0.0287. The second-order valence-corrected chi connectivity index (χ2v) is 9.08. The maximum Gasteiger partial charge on any atom is 0.416 e. The Morgan fingerprint density at radius 2 is 1.88 bits per heavy atom. The highest BCUT2D eigenvalue weighted by atomic mass is 35.5. The molecule has 3 heterocycles. The van der Waals surface area contributed by atoms with Crippen LogP contribution in [0.3, 0.4) is 0 Å². The van der Waals surface area contributed by atoms with Gasteiger partial charge in [-0.1, -0.05) is 17.7 Å². The molecule has 176 valence electrons. The van der Waals surface area contributed by atoms with Crippen LogP contribution in [-0.2, 0) is 27.1 Å². The molecule has 0 unspecified atom stereocenters. The number of amides is 2. The van der Waals surface area contributed by atoms with Gasteiger partial charge in [0.05, 0.1) is 24.4 Å². The number of ether oxygens (including phenoxy) is 2. The summed E-state index contributed by atoms with van der Waals surface area (Å²) < 4.78 is 49.7. The molecule has 1 aromatic rings. The van der Waals surface area contributed by atoms with Gasteiger partial charge >= 0.3 is 12.2 Å². The third-order valence-electron chi connectivity index (χ3n) is 6.45. The molecular weight excluding hydrogens is 449 g/mol. The second-order valence-electron chi connectivity index (χ2n) is 8.67. The van der Waals surface area contributed by atoms with Crippen molar-refractivity contribution in [2.45, 2.75) is 50.7 Å². The van der Waals surface area contributed by atoms with Crippen molar-refractivity contribution in [3.63, 3.8) is 0 Å². The number of urea groups is 1. The van der Waals surface area contributed by atoms with Gasteiger partial charge < -0.3 is 19.3 Å². The number of benzene rings is 1. The first-order valence-corrected chi connectivity index (χ1v) is 11.2. The lowest BCUT2D eigenvalue weighted by molar-refractivity contribution is -0.140. The van der Waals surface area contributed by atoms with Gasteiger partial charge in [0.15, 0.2) is 5.78 Å². The SMILES string of the molecule is O=C1CO[C@H]2CCN(C(=O)N3CCC(OCc4ccc(C(F)(F)F)cc4Cl)CC3)C[C@H]2C1. The molecular formula is C22H26ClF3N2O4. The Kier molecular flexibility index (Phi) is 6.97. The number of alkyl halides is 3. The van der Waals surface area contributed by atoms with Gasteiger partial charge in [0.2, 0.25) is 0 Å². The highest BCUT2D eigenvalue weighted by molar-refractivity contribution is 6.31. The lowest BCUT2D eigenvalue weighted by atomic mass is 9.88. The Morgan fingerprint density at radius 1 is 1.16 bits per heavy atom. The van der Waals surface area contributed by atoms with Gasteiger partial charge in [-0.3, -0.25) is 4.79 Å². The van der Waals surface area contributed by atoms with E-state index in [0.717, 1.165) is 18.6 Å². The van der Waals surface area contributed by atoms with E-state index in [4.69, 9.17) is 21.1 Å². The number of halogens is 4. The Morgan fingerprint density at radius 3 is 2.56 bits per heavy atom. The summed E-state index contributed by atoms with van der Waals surface area (Å²) in [5.41, 5.74) is -0.281. The molecule has 0 spiro atoms. The number of piperidine rings is 2. The van der Waals surface area contributed by atoms with E-state index in [9.17, 15) is 22.8 Å². The molecule has 10 heteroatoms. The monoisotopic (exact) mass is 474 g/mol. The standard InChI is InChI=1S/C22H26ClF3N2O4/c23-19-10-16(22(24,25)26)2-1-14(19)12-31-18-3-6-27(7-4-18)21(30)28-8-5-20-15(11-28)9-17(29)13-32-20/h1-2,10,15,18,20H,3-9,11-13H2/t15-,20+/m1/s1. The van der Waals surface area contributed by atoms with E-state index in [1.54, 1.807) is 4.90 Å². The molecule has 32 heavy (non-hydrogen) atoms. The number of rotatable bonds is 3. The highest BCUT2D eigenvalue weighted by Gasteiger charge is 2.38. The molecule has 2 atom stereocenters. The maximum absolute atomic E-state index is 12.9. The largest absolute Gasteiger partial charge is 0.416 e. The van der Waals surface area contributed by atoms with Crippen molar-refractivity contribution >= 4 is 23.4 Å². The molecule has 0 saturated carbocycles. The number of fused-ring (bicyclic) bond motifs is 1. The number of carbonyl (C=O) groups excluding carboxylic acids is 2. The highest BCUT2D eigenvalue weighted by Crippen LogP contribution is 2.33. The van der Waals surface area contributed by atoms with Crippen LogP contribution in [0.15, 0.2) is 18.2 Å². The minimum Gasteiger partial charge on any atom is -0.373 e. The Labute approximate surface area is 189 Å². The number of ketones is 1. The lowest BCUT2D eigenvalue weighted by Gasteiger charge is -2.43. The third-order valence-corrected chi connectivity index (χ3v) is 6.80. The molecule has 1 aromatic carbocycles. The fraction of sp³-hybridized carbons (Fsp3) is 0.636. The molecule has 0 bridgehead atoms. The molecule has 0 aliphatic carbocycles. The first kappa shape index (κ1) is 23.3. The topological polar surface area (TPSA) is 59.1 Å². The zero-order valence-electron chi connectivity index (χ0n) is 17.6. The van der Waals surface area contributed by atoms with Crippen molar-refractivity contribution in [1.29, 1.82) is 0 Å². The first-order chi connectivity index (χ1) is 15.2. The molecule has 3 aliphatic rings. The van der Waals surface area contributed by atoms with Crippen molar-refractivity contribution in [2.75, 3.05) is 32.8 Å². The molecule has 0 aromatic heterocycles. The summed E-state index contributed by atoms with van der Waals surface area (Å²) in [6, 6.07) is 3.23. The smallest absolute Gasteiger partial charge is 0.373 e. The van der Waals surface area contributed by atoms with E-state index in [0.29, 0.717) is 51.0 Å². The molecule has 0 N–H and O–H groups in total. The van der Waals surface area contributed by atoms with Crippen LogP contribution >= 0.6 is 11.6 Å². The van der Waals surface area contributed by atoms with E-state index >= 15 is 0 Å². The van der Waals surface area contributed by atoms with Gasteiger partial charge in [0.1, 0.15) is 6.61 Å². The van der Waals surface area contributed by atoms with Crippen molar-refractivity contribution < 1.29 is 32.2 Å². The molecule has 3 saturated heterocycles. The number of Topliss-reactive ketones (excluding diaryl/α,β-unsaturated/α-hetero) is 1. The number of hydrogen-bond donors (Lipinski definition) is 0. The van der Waals surface area contributed by atoms with Crippen molar-refractivity contribution in [1.82, 2.24) is 9.80 Å². The Bertz CT molecular complexity index is 858. The normalized spacial score (nSPS) is 25.1. The fourth-order valence-electron chi connectivity index (χ4n) is 4.61. The number of likely N-dealkylation sites (tertiary alicyclic amines) is 2. The van der Waals surface area contributed by atoms with Gasteiger partial charge in [0.25, 0.3) is 0 Å². The number of nitrogens with zero attached hydrogens (tertiary/aromatic N) is 2. The van der Waals surface area contributed by atoms with Crippen LogP contribution in [0.4, 0.5) is 18.0 Å². The second kappa shape index (κ2) is 9.57. The molecule has 4 rings (SSSR count). The molecule has 3 aliphatic heterocycles. The van der Waals surface area contributed by atoms with Crippen LogP contribution in [0.5, 0.6) is 0 Å². The summed E-state index contributed by atoms with van der Waals surface area (Å²) in [5.74, 6) is 0.162. The lowest BCUT2D eigenvalue weighted by Crippen LogP contribution is -2.55. The van der Waals surface area contributed by atoms with Gasteiger partial charge in [-0.25, -0.2) is 4.79 Å². The van der Waals surface area contributed by atoms with Crippen LogP contribution in [0.1, 0.15) is 36.8 Å². The Balaban J connectivity index is 1.24. The van der Waals surface area contributed by atoms with Crippen LogP contribution in [0, 0.1) is 5.92 Å². The fourth-order valence-corrected chi connectivity index (χ4v) is 4.85. The van der Waals surface area contributed by atoms with Gasteiger partial charge in [0, 0.05) is 43.5 Å². The molecule has 6 nitrogen and oxygen atoms in total. The summed E-state index contributed by atoms with van der Waals surface area (Å²) in [4.78, 5) is 28.2. The predicted octanol–water partition coefficient (Wildman–Crippen LogP) is 4.14. The third kappa shape index (κ3) is 5.38. The summed E-state index contributed by atoms with van der Waals surface area (Å²) in [6.45, 7) is 2.56. The van der Waals surface area contributed by atoms with Crippen molar-refractivity contribution in [2.24, 2.45) is 5.92 Å². The van der Waals surface area contributed by atoms with Gasteiger partial charge in [-0.05, 0) is 37.0 Å². The van der Waals surface area contributed by atoms with Crippen molar-refractivity contribution in [3.05, 3.63) is 34.3 Å². The average molecular weight is 475 g/mol. The minimum absolute atomic E-state index is 0.0225. The van der Waals surface area contributed by atoms with Crippen molar-refractivity contribution in [3.8, 4) is 0 Å². The summed E-state index contributed by atoms with van der Waals surface area (Å²) in [7, 11) is 0. The van der Waals surface area contributed by atoms with E-state index in [2.05, 4.69) is 0 Å². The van der Waals surface area contributed by atoms with E-state index in [1.807, 2.05) is 4.90 Å². The number of carbonyl (C=O) groups is 2. The van der Waals surface area contributed by atoms with Crippen LogP contribution in [-0.4, -0.2) is 66.6 Å². The maximum atomic E-state index is 12.9. The Hall–Kier alpha value is -1.84. The van der Waals surface area contributed by atoms with Crippen LogP contribution in [0.2, 0.25) is 5.02 Å². The molecule has 0 radical (unpaired) electrons. The van der Waals surface area contributed by atoms with E-state index in [-0.39, 0.29) is 48.2 Å². The van der Waals surface area contributed by atoms with Gasteiger partial charge in [-0.15, -0.1) is 0 Å². The van der Waals surface area contributed by atoms with Gasteiger partial charge in [-0.2, -0.15) is 13.2 Å². The number of hydrogen-bond acceptors (Lipinski definition) is 4. The molecule has 3 fully saturated rings. The summed E-state index contributed by atoms with van der Waals surface area (Å²) >= 11 is 5.99. The molecule has 2 amide bonds. The minimum atomic E-state index is -4.43. The van der Waals surface area contributed by atoms with Crippen LogP contribution < -0.4 is 0 Å². The summed E-state index contributed by atoms with van der Waals surface area (Å²) in [6.07, 6.45) is -1.96. The van der Waals surface area contributed by atoms with E-state index < -0.39 is 11.7 Å². The zero-order valence-corrected chi connectivity index (χ0v) is 18.3. The van der Waals surface area contributed by atoms with E-state index in [1.165, 1.54) is 6.07 Å². The average Bonchev–Trinajstić information content (AvgIpc) is 2.77. The first-order valence-electron chi connectivity index (χ1n) is 10.8. The quantitative estimate of drug-likeness (QED) is 0.660. The predicted molar refractivity (Wildman–Crippen MR) is 110 cm³/mol.